The highest BCUT2D eigenvalue weighted by molar-refractivity contribution is 5.74. The van der Waals surface area contributed by atoms with Crippen molar-refractivity contribution in [3.63, 3.8) is 0 Å². The summed E-state index contributed by atoms with van der Waals surface area (Å²) in [5.41, 5.74) is -0.669. The third kappa shape index (κ3) is 5.47. The average Bonchev–Trinajstić information content (AvgIpc) is 2.86. The summed E-state index contributed by atoms with van der Waals surface area (Å²) in [4.78, 5) is 14.4. The molecule has 1 saturated heterocycles. The van der Waals surface area contributed by atoms with E-state index in [2.05, 4.69) is 29.4 Å². The fourth-order valence-corrected chi connectivity index (χ4v) is 3.47. The van der Waals surface area contributed by atoms with Crippen molar-refractivity contribution >= 4 is 6.03 Å². The van der Waals surface area contributed by atoms with Crippen LogP contribution < -0.4 is 10.6 Å². The number of hydrogen-bond donors (Lipinski definition) is 3. The van der Waals surface area contributed by atoms with Crippen LogP contribution in [0.15, 0.2) is 0 Å². The third-order valence-electron chi connectivity index (χ3n) is 4.66. The van der Waals surface area contributed by atoms with Crippen LogP contribution in [-0.2, 0) is 0 Å². The molecule has 0 aromatic carbocycles. The number of likely N-dealkylation sites (tertiary alicyclic amines) is 1. The van der Waals surface area contributed by atoms with E-state index >= 15 is 0 Å². The predicted octanol–water partition coefficient (Wildman–Crippen LogP) is 1.71. The van der Waals surface area contributed by atoms with Crippen LogP contribution in [0.4, 0.5) is 4.79 Å². The summed E-state index contributed by atoms with van der Waals surface area (Å²) in [6.45, 7) is 8.13. The molecule has 0 spiro atoms. The summed E-state index contributed by atoms with van der Waals surface area (Å²) in [6, 6.07) is 0.143. The highest BCUT2D eigenvalue weighted by Gasteiger charge is 2.31. The monoisotopic (exact) mass is 297 g/mol. The van der Waals surface area contributed by atoms with Gasteiger partial charge in [0.05, 0.1) is 5.60 Å². The Kier molecular flexibility index (Phi) is 5.88. The van der Waals surface area contributed by atoms with Crippen molar-refractivity contribution in [3.05, 3.63) is 0 Å². The molecule has 1 aliphatic heterocycles. The fraction of sp³-hybridized carbons (Fsp3) is 0.938. The first kappa shape index (κ1) is 16.6. The third-order valence-corrected chi connectivity index (χ3v) is 4.66. The largest absolute Gasteiger partial charge is 0.388 e. The number of amides is 2. The molecular formula is C16H31N3O2. The number of nitrogens with zero attached hydrogens (tertiary/aromatic N) is 1. The lowest BCUT2D eigenvalue weighted by Crippen LogP contribution is -2.51. The molecule has 122 valence electrons. The Labute approximate surface area is 128 Å². The maximum Gasteiger partial charge on any atom is 0.315 e. The van der Waals surface area contributed by atoms with Gasteiger partial charge in [-0.25, -0.2) is 4.79 Å². The summed E-state index contributed by atoms with van der Waals surface area (Å²) in [6.07, 6.45) is 5.78. The quantitative estimate of drug-likeness (QED) is 0.724. The van der Waals surface area contributed by atoms with Gasteiger partial charge < -0.3 is 20.6 Å². The minimum atomic E-state index is -0.669. The lowest BCUT2D eigenvalue weighted by atomic mass is 10.0. The number of urea groups is 1. The van der Waals surface area contributed by atoms with E-state index in [0.29, 0.717) is 12.5 Å². The maximum absolute atomic E-state index is 11.9. The topological polar surface area (TPSA) is 64.6 Å². The van der Waals surface area contributed by atoms with Crippen molar-refractivity contribution in [2.45, 2.75) is 64.0 Å². The van der Waals surface area contributed by atoms with E-state index < -0.39 is 5.60 Å². The molecule has 0 unspecified atom stereocenters. The first-order chi connectivity index (χ1) is 9.97. The van der Waals surface area contributed by atoms with Crippen molar-refractivity contribution in [1.29, 1.82) is 0 Å². The molecular weight excluding hydrogens is 266 g/mol. The predicted molar refractivity (Wildman–Crippen MR) is 84.3 cm³/mol. The molecule has 2 amide bonds. The van der Waals surface area contributed by atoms with Crippen molar-refractivity contribution in [3.8, 4) is 0 Å². The minimum Gasteiger partial charge on any atom is -0.388 e. The van der Waals surface area contributed by atoms with Crippen LogP contribution in [0.5, 0.6) is 0 Å². The summed E-state index contributed by atoms with van der Waals surface area (Å²) < 4.78 is 0. The van der Waals surface area contributed by atoms with Gasteiger partial charge in [-0.3, -0.25) is 0 Å². The number of hydrogen-bond acceptors (Lipinski definition) is 3. The number of nitrogens with one attached hydrogen (secondary N) is 2. The fourth-order valence-electron chi connectivity index (χ4n) is 3.47. The Bertz CT molecular complexity index is 332. The van der Waals surface area contributed by atoms with E-state index in [1.807, 2.05) is 0 Å². The first-order valence-corrected chi connectivity index (χ1v) is 8.46. The van der Waals surface area contributed by atoms with Gasteiger partial charge >= 0.3 is 6.03 Å². The Balaban J connectivity index is 1.63. The number of carbonyl (C=O) groups is 1. The normalized spacial score (nSPS) is 23.4. The standard InChI is InChI=1S/C16H31N3O2/c1-13(2)11-19-9-5-14(6-10-19)18-15(20)17-12-16(21)7-3-4-8-16/h13-14,21H,3-12H2,1-2H3,(H2,17,18,20). The first-order valence-electron chi connectivity index (χ1n) is 8.46. The summed E-state index contributed by atoms with van der Waals surface area (Å²) >= 11 is 0. The molecule has 1 saturated carbocycles. The molecule has 21 heavy (non-hydrogen) atoms. The van der Waals surface area contributed by atoms with Gasteiger partial charge in [0.1, 0.15) is 0 Å². The molecule has 0 aromatic rings. The lowest BCUT2D eigenvalue weighted by Gasteiger charge is -2.33. The Morgan fingerprint density at radius 3 is 2.48 bits per heavy atom. The van der Waals surface area contributed by atoms with E-state index in [1.54, 1.807) is 0 Å². The number of piperidine rings is 1. The molecule has 0 radical (unpaired) electrons. The Hall–Kier alpha value is -0.810. The van der Waals surface area contributed by atoms with Crippen molar-refractivity contribution in [2.75, 3.05) is 26.2 Å². The molecule has 0 bridgehead atoms. The molecule has 3 N–H and O–H groups in total. The second-order valence-corrected chi connectivity index (χ2v) is 7.23. The lowest BCUT2D eigenvalue weighted by molar-refractivity contribution is 0.0498. The van der Waals surface area contributed by atoms with E-state index in [4.69, 9.17) is 0 Å². The van der Waals surface area contributed by atoms with E-state index in [0.717, 1.165) is 58.2 Å². The van der Waals surface area contributed by atoms with E-state index in [1.165, 1.54) is 0 Å². The van der Waals surface area contributed by atoms with Crippen LogP contribution in [0.25, 0.3) is 0 Å². The average molecular weight is 297 g/mol. The van der Waals surface area contributed by atoms with Gasteiger partial charge in [-0.15, -0.1) is 0 Å². The van der Waals surface area contributed by atoms with Crippen molar-refractivity contribution < 1.29 is 9.90 Å². The van der Waals surface area contributed by atoms with Gasteiger partial charge in [0.25, 0.3) is 0 Å². The zero-order chi connectivity index (χ0) is 15.3. The van der Waals surface area contributed by atoms with Crippen molar-refractivity contribution in [2.24, 2.45) is 5.92 Å². The molecule has 0 aromatic heterocycles. The number of aliphatic hydroxyl groups is 1. The molecule has 5 nitrogen and oxygen atoms in total. The van der Waals surface area contributed by atoms with Crippen LogP contribution in [0, 0.1) is 5.92 Å². The van der Waals surface area contributed by atoms with Gasteiger partial charge in [-0.1, -0.05) is 26.7 Å². The molecule has 1 heterocycles. The zero-order valence-electron chi connectivity index (χ0n) is 13.5. The molecule has 1 aliphatic carbocycles. The zero-order valence-corrected chi connectivity index (χ0v) is 13.5. The van der Waals surface area contributed by atoms with Crippen LogP contribution >= 0.6 is 0 Å². The minimum absolute atomic E-state index is 0.127. The molecule has 2 rings (SSSR count). The number of carbonyl (C=O) groups excluding carboxylic acids is 1. The van der Waals surface area contributed by atoms with Gasteiger partial charge in [-0.2, -0.15) is 0 Å². The van der Waals surface area contributed by atoms with Gasteiger partial charge in [-0.05, 0) is 31.6 Å². The van der Waals surface area contributed by atoms with E-state index in [-0.39, 0.29) is 12.1 Å². The molecule has 0 atom stereocenters. The van der Waals surface area contributed by atoms with Crippen LogP contribution in [-0.4, -0.2) is 53.9 Å². The van der Waals surface area contributed by atoms with Crippen molar-refractivity contribution in [1.82, 2.24) is 15.5 Å². The molecule has 2 aliphatic rings. The maximum atomic E-state index is 11.9. The SMILES string of the molecule is CC(C)CN1CCC(NC(=O)NCC2(O)CCCC2)CC1. The smallest absolute Gasteiger partial charge is 0.315 e. The summed E-state index contributed by atoms with van der Waals surface area (Å²) in [5, 5.41) is 16.1. The Morgan fingerprint density at radius 1 is 1.29 bits per heavy atom. The summed E-state index contributed by atoms with van der Waals surface area (Å²) in [5.74, 6) is 0.699. The van der Waals surface area contributed by atoms with Crippen LogP contribution in [0.2, 0.25) is 0 Å². The van der Waals surface area contributed by atoms with Gasteiger partial charge in [0, 0.05) is 32.2 Å². The van der Waals surface area contributed by atoms with Gasteiger partial charge in [0.2, 0.25) is 0 Å². The molecule has 5 heteroatoms. The van der Waals surface area contributed by atoms with Crippen LogP contribution in [0.1, 0.15) is 52.4 Å². The van der Waals surface area contributed by atoms with Gasteiger partial charge in [0.15, 0.2) is 0 Å². The highest BCUT2D eigenvalue weighted by Crippen LogP contribution is 2.28. The summed E-state index contributed by atoms with van der Waals surface area (Å²) in [7, 11) is 0. The second kappa shape index (κ2) is 7.45. The number of rotatable bonds is 5. The Morgan fingerprint density at radius 2 is 1.90 bits per heavy atom. The highest BCUT2D eigenvalue weighted by atomic mass is 16.3. The van der Waals surface area contributed by atoms with Crippen LogP contribution in [0.3, 0.4) is 0 Å². The molecule has 2 fully saturated rings. The van der Waals surface area contributed by atoms with E-state index in [9.17, 15) is 9.90 Å². The second-order valence-electron chi connectivity index (χ2n) is 7.23.